The van der Waals surface area contributed by atoms with E-state index in [1.54, 1.807) is 23.6 Å². The summed E-state index contributed by atoms with van der Waals surface area (Å²) in [6.45, 7) is 4.87. The molecule has 1 fully saturated rings. The molecule has 0 bridgehead atoms. The first-order valence-corrected chi connectivity index (χ1v) is 5.85. The Bertz CT molecular complexity index is 357. The van der Waals surface area contributed by atoms with Gasteiger partial charge in [-0.05, 0) is 20.3 Å². The number of carbonyl (C=O) groups is 2. The Morgan fingerprint density at radius 1 is 0.944 bits per heavy atom. The summed E-state index contributed by atoms with van der Waals surface area (Å²) >= 11 is 0. The summed E-state index contributed by atoms with van der Waals surface area (Å²) in [6.07, 6.45) is 3.50. The SMILES string of the molecule is C/C(N)=C/C(=O)N1CCCN(C(=O)/C=C(/C)N)C1. The van der Waals surface area contributed by atoms with Gasteiger partial charge in [-0.25, -0.2) is 0 Å². The third kappa shape index (κ3) is 4.12. The molecule has 0 atom stereocenters. The molecule has 6 heteroatoms. The third-order valence-corrected chi connectivity index (χ3v) is 2.52. The zero-order valence-electron chi connectivity index (χ0n) is 10.8. The van der Waals surface area contributed by atoms with Crippen LogP contribution in [0.1, 0.15) is 20.3 Å². The lowest BCUT2D eigenvalue weighted by Gasteiger charge is -2.34. The molecule has 0 aromatic heterocycles. The van der Waals surface area contributed by atoms with Crippen molar-refractivity contribution in [3.05, 3.63) is 23.5 Å². The Kier molecular flexibility index (Phi) is 4.76. The lowest BCUT2D eigenvalue weighted by atomic mass is 10.2. The summed E-state index contributed by atoms with van der Waals surface area (Å²) in [4.78, 5) is 26.8. The van der Waals surface area contributed by atoms with E-state index in [1.165, 1.54) is 12.2 Å². The maximum absolute atomic E-state index is 11.8. The molecule has 18 heavy (non-hydrogen) atoms. The van der Waals surface area contributed by atoms with Crippen molar-refractivity contribution in [2.45, 2.75) is 20.3 Å². The summed E-state index contributed by atoms with van der Waals surface area (Å²) < 4.78 is 0. The predicted molar refractivity (Wildman–Crippen MR) is 68.8 cm³/mol. The van der Waals surface area contributed by atoms with E-state index in [0.717, 1.165) is 6.42 Å². The molecule has 6 nitrogen and oxygen atoms in total. The second-order valence-corrected chi connectivity index (χ2v) is 4.48. The van der Waals surface area contributed by atoms with Crippen molar-refractivity contribution in [3.63, 3.8) is 0 Å². The first-order chi connectivity index (χ1) is 8.40. The van der Waals surface area contributed by atoms with Crippen LogP contribution < -0.4 is 11.5 Å². The van der Waals surface area contributed by atoms with Gasteiger partial charge in [0.1, 0.15) is 0 Å². The molecule has 0 aromatic rings. The van der Waals surface area contributed by atoms with E-state index in [9.17, 15) is 9.59 Å². The topological polar surface area (TPSA) is 92.7 Å². The molecular formula is C12H20N4O2. The summed E-state index contributed by atoms with van der Waals surface area (Å²) in [5.74, 6) is -0.332. The van der Waals surface area contributed by atoms with Crippen LogP contribution in [0.5, 0.6) is 0 Å². The van der Waals surface area contributed by atoms with Gasteiger partial charge in [-0.15, -0.1) is 0 Å². The number of carbonyl (C=O) groups excluding carboxylic acids is 2. The van der Waals surface area contributed by atoms with Crippen LogP contribution in [0.25, 0.3) is 0 Å². The van der Waals surface area contributed by atoms with Crippen molar-refractivity contribution >= 4 is 11.8 Å². The molecule has 0 radical (unpaired) electrons. The Morgan fingerprint density at radius 2 is 1.33 bits per heavy atom. The van der Waals surface area contributed by atoms with Gasteiger partial charge in [0.2, 0.25) is 11.8 Å². The normalized spacial score (nSPS) is 17.9. The highest BCUT2D eigenvalue weighted by Crippen LogP contribution is 2.08. The molecule has 1 saturated heterocycles. The molecule has 1 heterocycles. The monoisotopic (exact) mass is 252 g/mol. The molecule has 4 N–H and O–H groups in total. The van der Waals surface area contributed by atoms with Gasteiger partial charge < -0.3 is 21.3 Å². The van der Waals surface area contributed by atoms with Gasteiger partial charge in [0.05, 0.1) is 6.67 Å². The van der Waals surface area contributed by atoms with Crippen LogP contribution in [0.4, 0.5) is 0 Å². The summed E-state index contributed by atoms with van der Waals surface area (Å²) in [6, 6.07) is 0. The van der Waals surface area contributed by atoms with Crippen LogP contribution in [-0.4, -0.2) is 41.4 Å². The molecule has 2 amide bonds. The van der Waals surface area contributed by atoms with Gasteiger partial charge in [-0.2, -0.15) is 0 Å². The van der Waals surface area contributed by atoms with Crippen molar-refractivity contribution in [2.24, 2.45) is 11.5 Å². The minimum Gasteiger partial charge on any atom is -0.402 e. The smallest absolute Gasteiger partial charge is 0.249 e. The van der Waals surface area contributed by atoms with E-state index in [0.29, 0.717) is 24.5 Å². The zero-order valence-corrected chi connectivity index (χ0v) is 10.8. The van der Waals surface area contributed by atoms with Gasteiger partial charge >= 0.3 is 0 Å². The molecule has 0 aromatic carbocycles. The van der Waals surface area contributed by atoms with Crippen LogP contribution >= 0.6 is 0 Å². The average Bonchev–Trinajstić information content (AvgIpc) is 2.27. The van der Waals surface area contributed by atoms with Crippen molar-refractivity contribution in [3.8, 4) is 0 Å². The zero-order chi connectivity index (χ0) is 13.7. The standard InChI is InChI=1S/C12H20N4O2/c1-9(13)6-11(17)15-4-3-5-16(8-15)12(18)7-10(2)14/h6-7H,3-5,8,13-14H2,1-2H3/b9-6-,10-7-. The minimum absolute atomic E-state index is 0.166. The number of rotatable bonds is 2. The lowest BCUT2D eigenvalue weighted by molar-refractivity contribution is -0.137. The quantitative estimate of drug-likeness (QED) is 0.662. The van der Waals surface area contributed by atoms with E-state index in [4.69, 9.17) is 11.5 Å². The average molecular weight is 252 g/mol. The Morgan fingerprint density at radius 3 is 1.67 bits per heavy atom. The van der Waals surface area contributed by atoms with Gasteiger partial charge in [0.15, 0.2) is 0 Å². The van der Waals surface area contributed by atoms with Crippen LogP contribution in [-0.2, 0) is 9.59 Å². The van der Waals surface area contributed by atoms with Gasteiger partial charge in [-0.1, -0.05) is 0 Å². The molecule has 1 aliphatic heterocycles. The highest BCUT2D eigenvalue weighted by Gasteiger charge is 2.22. The number of allylic oxidation sites excluding steroid dienone is 2. The van der Waals surface area contributed by atoms with Crippen molar-refractivity contribution in [1.29, 1.82) is 0 Å². The van der Waals surface area contributed by atoms with Crippen molar-refractivity contribution in [2.75, 3.05) is 19.8 Å². The number of hydrogen-bond donors (Lipinski definition) is 2. The number of amides is 2. The highest BCUT2D eigenvalue weighted by atomic mass is 16.2. The Labute approximate surface area is 107 Å². The van der Waals surface area contributed by atoms with Crippen molar-refractivity contribution in [1.82, 2.24) is 9.80 Å². The van der Waals surface area contributed by atoms with E-state index >= 15 is 0 Å². The Hall–Kier alpha value is -1.98. The maximum atomic E-state index is 11.8. The molecule has 0 aliphatic carbocycles. The van der Waals surface area contributed by atoms with Crippen LogP contribution in [0.15, 0.2) is 23.5 Å². The van der Waals surface area contributed by atoms with E-state index in [1.807, 2.05) is 0 Å². The van der Waals surface area contributed by atoms with Crippen molar-refractivity contribution < 1.29 is 9.59 Å². The van der Waals surface area contributed by atoms with Crippen LogP contribution in [0, 0.1) is 0 Å². The molecule has 1 rings (SSSR count). The maximum Gasteiger partial charge on any atom is 0.249 e. The predicted octanol–water partition coefficient (Wildman–Crippen LogP) is -0.270. The third-order valence-electron chi connectivity index (χ3n) is 2.52. The van der Waals surface area contributed by atoms with Gasteiger partial charge in [0.25, 0.3) is 0 Å². The van der Waals surface area contributed by atoms with Crippen LogP contribution in [0.3, 0.4) is 0 Å². The van der Waals surface area contributed by atoms with Gasteiger partial charge in [0, 0.05) is 36.6 Å². The second kappa shape index (κ2) is 6.09. The van der Waals surface area contributed by atoms with E-state index in [-0.39, 0.29) is 18.5 Å². The summed E-state index contributed by atoms with van der Waals surface area (Å²) in [7, 11) is 0. The molecular weight excluding hydrogens is 232 g/mol. The second-order valence-electron chi connectivity index (χ2n) is 4.48. The first-order valence-electron chi connectivity index (χ1n) is 5.85. The molecule has 1 aliphatic rings. The fourth-order valence-electron chi connectivity index (χ4n) is 1.73. The molecule has 0 unspecified atom stereocenters. The van der Waals surface area contributed by atoms with E-state index in [2.05, 4.69) is 0 Å². The minimum atomic E-state index is -0.166. The fraction of sp³-hybridized carbons (Fsp3) is 0.500. The summed E-state index contributed by atoms with van der Waals surface area (Å²) in [5, 5.41) is 0. The number of nitrogens with two attached hydrogens (primary N) is 2. The molecule has 0 spiro atoms. The first kappa shape index (κ1) is 14.1. The van der Waals surface area contributed by atoms with Crippen LogP contribution in [0.2, 0.25) is 0 Å². The van der Waals surface area contributed by atoms with E-state index < -0.39 is 0 Å². The highest BCUT2D eigenvalue weighted by molar-refractivity contribution is 5.90. The lowest BCUT2D eigenvalue weighted by Crippen LogP contribution is -2.49. The molecule has 100 valence electrons. The van der Waals surface area contributed by atoms with Gasteiger partial charge in [-0.3, -0.25) is 9.59 Å². The Balaban J connectivity index is 2.67. The largest absolute Gasteiger partial charge is 0.402 e. The number of hydrogen-bond acceptors (Lipinski definition) is 4. The number of nitrogens with zero attached hydrogens (tertiary/aromatic N) is 2. The molecule has 0 saturated carbocycles. The fourth-order valence-corrected chi connectivity index (χ4v) is 1.73. The summed E-state index contributed by atoms with van der Waals surface area (Å²) in [5.41, 5.74) is 11.9.